The summed E-state index contributed by atoms with van der Waals surface area (Å²) in [6.07, 6.45) is -0.619. The van der Waals surface area contributed by atoms with Crippen molar-refractivity contribution in [1.29, 1.82) is 0 Å². The Morgan fingerprint density at radius 1 is 0.909 bits per heavy atom. The summed E-state index contributed by atoms with van der Waals surface area (Å²) in [4.78, 5) is 44.0. The molecule has 172 valence electrons. The van der Waals surface area contributed by atoms with Gasteiger partial charge in [0.15, 0.2) is 0 Å². The van der Waals surface area contributed by atoms with Crippen molar-refractivity contribution in [3.63, 3.8) is 0 Å². The Hall–Kier alpha value is -3.65. The van der Waals surface area contributed by atoms with Crippen LogP contribution >= 0.6 is 0 Å². The first kappa shape index (κ1) is 22.5. The fraction of sp³-hybridized carbons (Fsp3) is 0.320. The normalized spacial score (nSPS) is 14.8. The molecule has 0 spiro atoms. The van der Waals surface area contributed by atoms with E-state index in [9.17, 15) is 19.5 Å². The number of fused-ring (bicyclic) bond motifs is 1. The number of para-hydroxylation sites is 1. The average Bonchev–Trinajstić information content (AvgIpc) is 3.30. The lowest BCUT2D eigenvalue weighted by atomic mass is 10.1. The predicted molar refractivity (Wildman–Crippen MR) is 124 cm³/mol. The van der Waals surface area contributed by atoms with E-state index in [1.54, 1.807) is 21.9 Å². The highest BCUT2D eigenvalue weighted by atomic mass is 16.3. The van der Waals surface area contributed by atoms with E-state index in [1.807, 2.05) is 48.5 Å². The molecule has 0 aliphatic carbocycles. The van der Waals surface area contributed by atoms with Gasteiger partial charge in [0.05, 0.1) is 6.10 Å². The van der Waals surface area contributed by atoms with Crippen LogP contribution in [0.15, 0.2) is 60.7 Å². The Balaban J connectivity index is 1.19. The number of H-pyrrole nitrogens is 1. The molecule has 0 unspecified atom stereocenters. The van der Waals surface area contributed by atoms with Crippen LogP contribution in [0.2, 0.25) is 0 Å². The number of rotatable bonds is 7. The number of amides is 3. The number of aromatic nitrogens is 1. The van der Waals surface area contributed by atoms with E-state index in [-0.39, 0.29) is 37.1 Å². The summed E-state index contributed by atoms with van der Waals surface area (Å²) in [6, 6.07) is 18.7. The topological polar surface area (TPSA) is 106 Å². The lowest BCUT2D eigenvalue weighted by molar-refractivity contribution is -0.134. The van der Waals surface area contributed by atoms with E-state index >= 15 is 0 Å². The summed E-state index contributed by atoms with van der Waals surface area (Å²) in [6.45, 7) is 1.90. The number of carbonyl (C=O) groups excluding carboxylic acids is 3. The third kappa shape index (κ3) is 5.59. The molecule has 3 amide bonds. The standard InChI is InChI=1S/C25H28N4O4/c30-22(18-6-2-1-3-7-18)17-26-23(31)10-11-24(32)28-12-14-29(15-13-28)25(33)21-16-19-8-4-5-9-20(19)27-21/h1-9,16,22,27,30H,10-15,17H2,(H,26,31)/t22-/m0/s1. The molecular formula is C25H28N4O4. The van der Waals surface area contributed by atoms with Gasteiger partial charge in [-0.2, -0.15) is 0 Å². The maximum atomic E-state index is 12.8. The van der Waals surface area contributed by atoms with Crippen LogP contribution in [0, 0.1) is 0 Å². The second-order valence-corrected chi connectivity index (χ2v) is 8.17. The molecule has 0 radical (unpaired) electrons. The number of piperazine rings is 1. The van der Waals surface area contributed by atoms with Crippen LogP contribution in [-0.2, 0) is 9.59 Å². The quantitative estimate of drug-likeness (QED) is 0.515. The lowest BCUT2D eigenvalue weighted by Crippen LogP contribution is -2.50. The molecule has 4 rings (SSSR count). The molecule has 1 atom stereocenters. The molecule has 8 heteroatoms. The van der Waals surface area contributed by atoms with Crippen LogP contribution in [-0.4, -0.2) is 70.3 Å². The minimum Gasteiger partial charge on any atom is -0.387 e. The van der Waals surface area contributed by atoms with E-state index in [2.05, 4.69) is 10.3 Å². The van der Waals surface area contributed by atoms with Crippen LogP contribution in [0.5, 0.6) is 0 Å². The Bertz CT molecular complexity index is 1090. The Morgan fingerprint density at radius 3 is 2.30 bits per heavy atom. The summed E-state index contributed by atoms with van der Waals surface area (Å²) >= 11 is 0. The van der Waals surface area contributed by atoms with E-state index in [0.717, 1.165) is 16.5 Å². The van der Waals surface area contributed by atoms with Crippen LogP contribution in [0.4, 0.5) is 0 Å². The summed E-state index contributed by atoms with van der Waals surface area (Å²) in [7, 11) is 0. The summed E-state index contributed by atoms with van der Waals surface area (Å²) in [5.74, 6) is -0.452. The number of hydrogen-bond acceptors (Lipinski definition) is 4. The monoisotopic (exact) mass is 448 g/mol. The summed E-state index contributed by atoms with van der Waals surface area (Å²) < 4.78 is 0. The van der Waals surface area contributed by atoms with Gasteiger partial charge in [-0.15, -0.1) is 0 Å². The first-order chi connectivity index (χ1) is 16.0. The molecule has 33 heavy (non-hydrogen) atoms. The van der Waals surface area contributed by atoms with E-state index in [0.29, 0.717) is 31.9 Å². The SMILES string of the molecule is O=C(CCC(=O)N1CCN(C(=O)c2cc3ccccc3[nH]2)CC1)NC[C@H](O)c1ccccc1. The summed E-state index contributed by atoms with van der Waals surface area (Å²) in [5.41, 5.74) is 2.20. The van der Waals surface area contributed by atoms with Gasteiger partial charge < -0.3 is 25.2 Å². The highest BCUT2D eigenvalue weighted by molar-refractivity contribution is 5.98. The molecule has 8 nitrogen and oxygen atoms in total. The largest absolute Gasteiger partial charge is 0.387 e. The Labute approximate surface area is 192 Å². The van der Waals surface area contributed by atoms with Crippen LogP contribution < -0.4 is 5.32 Å². The van der Waals surface area contributed by atoms with Gasteiger partial charge in [0.1, 0.15) is 5.69 Å². The molecule has 0 bridgehead atoms. The maximum Gasteiger partial charge on any atom is 0.270 e. The predicted octanol–water partition coefficient (Wildman–Crippen LogP) is 2.08. The first-order valence-corrected chi connectivity index (χ1v) is 11.2. The molecule has 1 aromatic heterocycles. The second kappa shape index (κ2) is 10.3. The summed E-state index contributed by atoms with van der Waals surface area (Å²) in [5, 5.41) is 13.8. The maximum absolute atomic E-state index is 12.8. The number of aromatic amines is 1. The van der Waals surface area contributed by atoms with E-state index in [4.69, 9.17) is 0 Å². The van der Waals surface area contributed by atoms with Gasteiger partial charge in [-0.1, -0.05) is 48.5 Å². The number of aliphatic hydroxyl groups is 1. The minimum atomic E-state index is -0.784. The zero-order valence-corrected chi connectivity index (χ0v) is 18.4. The number of carbonyl (C=O) groups is 3. The molecule has 3 N–H and O–H groups in total. The van der Waals surface area contributed by atoms with Crippen molar-refractivity contribution < 1.29 is 19.5 Å². The third-order valence-electron chi connectivity index (χ3n) is 5.92. The second-order valence-electron chi connectivity index (χ2n) is 8.17. The van der Waals surface area contributed by atoms with Crippen LogP contribution in [0.25, 0.3) is 10.9 Å². The van der Waals surface area contributed by atoms with Crippen molar-refractivity contribution in [2.45, 2.75) is 18.9 Å². The molecule has 1 fully saturated rings. The number of hydrogen-bond donors (Lipinski definition) is 3. The van der Waals surface area contributed by atoms with Gasteiger partial charge in [0, 0.05) is 56.5 Å². The number of aliphatic hydroxyl groups excluding tert-OH is 1. The van der Waals surface area contributed by atoms with Crippen LogP contribution in [0.1, 0.15) is 35.0 Å². The average molecular weight is 449 g/mol. The molecule has 1 aliphatic heterocycles. The Kier molecular flexibility index (Phi) is 7.04. The molecule has 1 saturated heterocycles. The van der Waals surface area contributed by atoms with Crippen molar-refractivity contribution in [2.24, 2.45) is 0 Å². The Morgan fingerprint density at radius 2 is 1.58 bits per heavy atom. The smallest absolute Gasteiger partial charge is 0.270 e. The number of nitrogens with zero attached hydrogens (tertiary/aromatic N) is 2. The zero-order chi connectivity index (χ0) is 23.2. The van der Waals surface area contributed by atoms with Crippen molar-refractivity contribution in [2.75, 3.05) is 32.7 Å². The van der Waals surface area contributed by atoms with Gasteiger partial charge in [-0.3, -0.25) is 14.4 Å². The molecule has 2 aromatic carbocycles. The highest BCUT2D eigenvalue weighted by Crippen LogP contribution is 2.17. The van der Waals surface area contributed by atoms with Crippen molar-refractivity contribution in [3.8, 4) is 0 Å². The van der Waals surface area contributed by atoms with Gasteiger partial charge in [0.2, 0.25) is 11.8 Å². The zero-order valence-electron chi connectivity index (χ0n) is 18.4. The van der Waals surface area contributed by atoms with Gasteiger partial charge >= 0.3 is 0 Å². The fourth-order valence-corrected chi connectivity index (χ4v) is 3.99. The third-order valence-corrected chi connectivity index (χ3v) is 5.92. The van der Waals surface area contributed by atoms with Crippen molar-refractivity contribution in [3.05, 3.63) is 71.9 Å². The molecular weight excluding hydrogens is 420 g/mol. The number of nitrogens with one attached hydrogen (secondary N) is 2. The highest BCUT2D eigenvalue weighted by Gasteiger charge is 2.26. The fourth-order valence-electron chi connectivity index (χ4n) is 3.99. The molecule has 0 saturated carbocycles. The van der Waals surface area contributed by atoms with Gasteiger partial charge in [-0.05, 0) is 17.7 Å². The number of benzene rings is 2. The minimum absolute atomic E-state index is 0.0640. The van der Waals surface area contributed by atoms with Gasteiger partial charge in [0.25, 0.3) is 5.91 Å². The molecule has 1 aliphatic rings. The van der Waals surface area contributed by atoms with E-state index < -0.39 is 6.10 Å². The molecule has 3 aromatic rings. The van der Waals surface area contributed by atoms with Gasteiger partial charge in [-0.25, -0.2) is 0 Å². The first-order valence-electron chi connectivity index (χ1n) is 11.2. The molecule has 2 heterocycles. The van der Waals surface area contributed by atoms with Crippen LogP contribution in [0.3, 0.4) is 0 Å². The van der Waals surface area contributed by atoms with Crippen molar-refractivity contribution >= 4 is 28.6 Å². The van der Waals surface area contributed by atoms with E-state index in [1.165, 1.54) is 0 Å². The van der Waals surface area contributed by atoms with Crippen molar-refractivity contribution in [1.82, 2.24) is 20.1 Å². The lowest BCUT2D eigenvalue weighted by Gasteiger charge is -2.34.